The minimum atomic E-state index is -0.337. The van der Waals surface area contributed by atoms with E-state index in [9.17, 15) is 4.79 Å². The summed E-state index contributed by atoms with van der Waals surface area (Å²) in [7, 11) is 0. The lowest BCUT2D eigenvalue weighted by molar-refractivity contribution is -0.104. The van der Waals surface area contributed by atoms with Crippen molar-refractivity contribution in [2.75, 3.05) is 19.7 Å². The maximum Gasteiger partial charge on any atom is 0.156 e. The van der Waals surface area contributed by atoms with Gasteiger partial charge in [-0.25, -0.2) is 0 Å². The Bertz CT molecular complexity index is 548. The van der Waals surface area contributed by atoms with Crippen LogP contribution in [-0.4, -0.2) is 36.5 Å². The molecular weight excluding hydrogens is 306 g/mol. The molecule has 0 radical (unpaired) electrons. The standard InChI is InChI=1S/C19H27NO2S/c1-7-9-10-18-15(3)14-22-19(18,6)11-12-20(8-2)17(5)23-16(4)13-21/h7,9-10,13H,3-5,8,11-12,14H2,1-2,6H3/b9-7-,18-10+. The minimum absolute atomic E-state index is 0.337. The highest BCUT2D eigenvalue weighted by Crippen LogP contribution is 2.38. The Morgan fingerprint density at radius 1 is 1.48 bits per heavy atom. The lowest BCUT2D eigenvalue weighted by Gasteiger charge is -2.31. The zero-order chi connectivity index (χ0) is 17.5. The van der Waals surface area contributed by atoms with Crippen molar-refractivity contribution >= 4 is 18.0 Å². The third kappa shape index (κ3) is 5.26. The summed E-state index contributed by atoms with van der Waals surface area (Å²) in [5.41, 5.74) is 1.86. The van der Waals surface area contributed by atoms with Crippen LogP contribution in [0.25, 0.3) is 0 Å². The van der Waals surface area contributed by atoms with Crippen LogP contribution in [0.5, 0.6) is 0 Å². The van der Waals surface area contributed by atoms with E-state index in [1.165, 1.54) is 11.8 Å². The summed E-state index contributed by atoms with van der Waals surface area (Å²) in [5.74, 6) is 0. The van der Waals surface area contributed by atoms with Crippen LogP contribution in [0.15, 0.2) is 59.0 Å². The van der Waals surface area contributed by atoms with Crippen LogP contribution >= 0.6 is 11.8 Å². The van der Waals surface area contributed by atoms with Crippen molar-refractivity contribution in [1.29, 1.82) is 0 Å². The summed E-state index contributed by atoms with van der Waals surface area (Å²) in [5, 5.41) is 0.837. The first kappa shape index (κ1) is 19.5. The van der Waals surface area contributed by atoms with Gasteiger partial charge in [-0.05, 0) is 38.3 Å². The number of hydrogen-bond donors (Lipinski definition) is 0. The van der Waals surface area contributed by atoms with Gasteiger partial charge in [-0.1, -0.05) is 49.7 Å². The molecular formula is C19H27NO2S. The fourth-order valence-electron chi connectivity index (χ4n) is 2.52. The van der Waals surface area contributed by atoms with Gasteiger partial charge in [-0.2, -0.15) is 0 Å². The molecule has 1 aliphatic rings. The molecule has 0 aromatic heterocycles. The van der Waals surface area contributed by atoms with Gasteiger partial charge in [0.25, 0.3) is 0 Å². The molecule has 126 valence electrons. The first-order valence-electron chi connectivity index (χ1n) is 7.79. The molecule has 23 heavy (non-hydrogen) atoms. The fraction of sp³-hybridized carbons (Fsp3) is 0.421. The van der Waals surface area contributed by atoms with Crippen molar-refractivity contribution < 1.29 is 9.53 Å². The molecule has 0 amide bonds. The van der Waals surface area contributed by atoms with E-state index < -0.39 is 0 Å². The zero-order valence-corrected chi connectivity index (χ0v) is 15.2. The van der Waals surface area contributed by atoms with E-state index >= 15 is 0 Å². The van der Waals surface area contributed by atoms with E-state index in [2.05, 4.69) is 44.6 Å². The topological polar surface area (TPSA) is 29.5 Å². The molecule has 3 nitrogen and oxygen atoms in total. The third-order valence-electron chi connectivity index (χ3n) is 3.94. The Labute approximate surface area is 144 Å². The van der Waals surface area contributed by atoms with E-state index in [1.807, 2.05) is 19.1 Å². The van der Waals surface area contributed by atoms with Crippen LogP contribution in [0, 0.1) is 0 Å². The molecule has 4 heteroatoms. The molecule has 1 atom stereocenters. The Hall–Kier alpha value is -1.52. The number of rotatable bonds is 9. The molecule has 0 spiro atoms. The SMILES string of the molecule is C=C(C=O)SC(=C)N(CC)CCC1(C)OCC(=C)/C1=C\C=C/C. The van der Waals surface area contributed by atoms with Crippen LogP contribution in [0.3, 0.4) is 0 Å². The third-order valence-corrected chi connectivity index (χ3v) is 4.80. The van der Waals surface area contributed by atoms with Crippen molar-refractivity contribution in [1.82, 2.24) is 4.90 Å². The molecule has 0 bridgehead atoms. The van der Waals surface area contributed by atoms with Crippen LogP contribution in [0.4, 0.5) is 0 Å². The van der Waals surface area contributed by atoms with Gasteiger partial charge < -0.3 is 9.64 Å². The van der Waals surface area contributed by atoms with E-state index in [4.69, 9.17) is 4.74 Å². The molecule has 1 aliphatic heterocycles. The maximum atomic E-state index is 10.7. The van der Waals surface area contributed by atoms with Gasteiger partial charge in [-0.15, -0.1) is 0 Å². The van der Waals surface area contributed by atoms with Crippen LogP contribution in [0.1, 0.15) is 27.2 Å². The first-order valence-corrected chi connectivity index (χ1v) is 8.61. The number of nitrogens with zero attached hydrogens (tertiary/aromatic N) is 1. The molecule has 1 saturated heterocycles. The molecule has 0 aromatic carbocycles. The summed E-state index contributed by atoms with van der Waals surface area (Å²) in [6.45, 7) is 20.2. The smallest absolute Gasteiger partial charge is 0.156 e. The van der Waals surface area contributed by atoms with Crippen LogP contribution in [0.2, 0.25) is 0 Å². The predicted octanol–water partition coefficient (Wildman–Crippen LogP) is 4.46. The number of allylic oxidation sites excluding steroid dienone is 4. The van der Waals surface area contributed by atoms with Gasteiger partial charge in [0, 0.05) is 18.0 Å². The van der Waals surface area contributed by atoms with Crippen LogP contribution < -0.4 is 0 Å². The molecule has 0 saturated carbocycles. The van der Waals surface area contributed by atoms with Crippen molar-refractivity contribution in [3.63, 3.8) is 0 Å². The summed E-state index contributed by atoms with van der Waals surface area (Å²) in [4.78, 5) is 13.3. The quantitative estimate of drug-likeness (QED) is 0.460. The highest BCUT2D eigenvalue weighted by Gasteiger charge is 2.37. The Morgan fingerprint density at radius 3 is 2.74 bits per heavy atom. The molecule has 1 fully saturated rings. The summed E-state index contributed by atoms with van der Waals surface area (Å²) < 4.78 is 6.00. The lowest BCUT2D eigenvalue weighted by Crippen LogP contribution is -2.32. The highest BCUT2D eigenvalue weighted by atomic mass is 32.2. The van der Waals surface area contributed by atoms with E-state index in [-0.39, 0.29) is 5.60 Å². The number of thioether (sulfide) groups is 1. The largest absolute Gasteiger partial charge is 0.367 e. The number of carbonyl (C=O) groups excluding carboxylic acids is 1. The number of aldehydes is 1. The maximum absolute atomic E-state index is 10.7. The second-order valence-electron chi connectivity index (χ2n) is 5.64. The molecule has 0 aliphatic carbocycles. The molecule has 1 rings (SSSR count). The van der Waals surface area contributed by atoms with Crippen molar-refractivity contribution in [2.45, 2.75) is 32.8 Å². The van der Waals surface area contributed by atoms with Gasteiger partial charge in [0.05, 0.1) is 17.2 Å². The predicted molar refractivity (Wildman–Crippen MR) is 100 cm³/mol. The van der Waals surface area contributed by atoms with E-state index in [0.717, 1.165) is 42.0 Å². The number of hydrogen-bond acceptors (Lipinski definition) is 4. The average molecular weight is 333 g/mol. The lowest BCUT2D eigenvalue weighted by atomic mass is 9.89. The minimum Gasteiger partial charge on any atom is -0.367 e. The fourth-order valence-corrected chi connectivity index (χ4v) is 3.22. The molecule has 0 aromatic rings. The second kappa shape index (κ2) is 8.94. The summed E-state index contributed by atoms with van der Waals surface area (Å²) >= 11 is 1.31. The van der Waals surface area contributed by atoms with Crippen molar-refractivity contribution in [3.8, 4) is 0 Å². The van der Waals surface area contributed by atoms with E-state index in [0.29, 0.717) is 11.5 Å². The van der Waals surface area contributed by atoms with Gasteiger partial charge >= 0.3 is 0 Å². The van der Waals surface area contributed by atoms with Gasteiger partial charge in [-0.3, -0.25) is 4.79 Å². The summed E-state index contributed by atoms with van der Waals surface area (Å²) in [6, 6.07) is 0. The Kier molecular flexibility index (Phi) is 7.59. The average Bonchev–Trinajstić information content (AvgIpc) is 2.81. The van der Waals surface area contributed by atoms with Gasteiger partial charge in [0.1, 0.15) is 0 Å². The summed E-state index contributed by atoms with van der Waals surface area (Å²) in [6.07, 6.45) is 7.70. The van der Waals surface area contributed by atoms with Crippen LogP contribution in [-0.2, 0) is 9.53 Å². The second-order valence-corrected chi connectivity index (χ2v) is 6.84. The normalized spacial score (nSPS) is 22.7. The van der Waals surface area contributed by atoms with E-state index in [1.54, 1.807) is 0 Å². The molecule has 0 N–H and O–H groups in total. The van der Waals surface area contributed by atoms with Gasteiger partial charge in [0.2, 0.25) is 0 Å². The zero-order valence-electron chi connectivity index (χ0n) is 14.4. The number of ether oxygens (including phenoxy) is 1. The first-order chi connectivity index (χ1) is 10.9. The Morgan fingerprint density at radius 2 is 2.17 bits per heavy atom. The van der Waals surface area contributed by atoms with Crippen molar-refractivity contribution in [3.05, 3.63) is 59.0 Å². The highest BCUT2D eigenvalue weighted by molar-refractivity contribution is 8.07. The number of carbonyl (C=O) groups is 1. The Balaban J connectivity index is 2.76. The molecule has 1 unspecified atom stereocenters. The monoisotopic (exact) mass is 333 g/mol. The van der Waals surface area contributed by atoms with Gasteiger partial charge in [0.15, 0.2) is 6.29 Å². The van der Waals surface area contributed by atoms with Crippen molar-refractivity contribution in [2.24, 2.45) is 0 Å². The molecule has 1 heterocycles.